The highest BCUT2D eigenvalue weighted by atomic mass is 79.9. The van der Waals surface area contributed by atoms with E-state index < -0.39 is 16.1 Å². The fourth-order valence-corrected chi connectivity index (χ4v) is 4.19. The Bertz CT molecular complexity index is 1070. The lowest BCUT2D eigenvalue weighted by Gasteiger charge is -2.20. The summed E-state index contributed by atoms with van der Waals surface area (Å²) in [4.78, 5) is 12.4. The Hall–Kier alpha value is -2.36. The summed E-state index contributed by atoms with van der Waals surface area (Å²) in [5, 5.41) is 2.80. The van der Waals surface area contributed by atoms with Crippen LogP contribution in [-0.2, 0) is 21.2 Å². The Morgan fingerprint density at radius 1 is 1.12 bits per heavy atom. The van der Waals surface area contributed by atoms with E-state index >= 15 is 0 Å². The third kappa shape index (κ3) is 8.83. The number of carbonyl (C=O) groups is 1. The number of benzene rings is 2. The molecule has 33 heavy (non-hydrogen) atoms. The van der Waals surface area contributed by atoms with Gasteiger partial charge in [-0.2, -0.15) is 0 Å². The highest BCUT2D eigenvalue weighted by Gasteiger charge is 2.25. The van der Waals surface area contributed by atoms with Gasteiger partial charge in [-0.1, -0.05) is 54.6 Å². The first kappa shape index (κ1) is 26.9. The van der Waals surface area contributed by atoms with Crippen molar-refractivity contribution in [1.82, 2.24) is 10.0 Å². The second-order valence-electron chi connectivity index (χ2n) is 8.04. The molecule has 0 aromatic heterocycles. The molecular weight excluding hydrogens is 508 g/mol. The summed E-state index contributed by atoms with van der Waals surface area (Å²) in [5.41, 5.74) is 2.79. The molecule has 0 bridgehead atoms. The van der Waals surface area contributed by atoms with E-state index in [4.69, 9.17) is 9.47 Å². The first-order valence-corrected chi connectivity index (χ1v) is 13.2. The number of amides is 1. The SMILES string of the molecule is C=C(COc1ccc(CCNC(=O)[C@@H](NS(C)(=O)=O)C(C)C)cc1OC)c1ccc(Br)cc1. The Labute approximate surface area is 204 Å². The van der Waals surface area contributed by atoms with Gasteiger partial charge in [0.25, 0.3) is 0 Å². The van der Waals surface area contributed by atoms with Crippen LogP contribution in [0.1, 0.15) is 25.0 Å². The summed E-state index contributed by atoms with van der Waals surface area (Å²) in [6.45, 7) is 8.34. The van der Waals surface area contributed by atoms with Gasteiger partial charge in [-0.15, -0.1) is 0 Å². The van der Waals surface area contributed by atoms with Crippen LogP contribution in [0.2, 0.25) is 0 Å². The van der Waals surface area contributed by atoms with E-state index in [1.165, 1.54) is 0 Å². The Morgan fingerprint density at radius 2 is 1.79 bits per heavy atom. The van der Waals surface area contributed by atoms with Crippen LogP contribution in [-0.4, -0.2) is 46.9 Å². The fraction of sp³-hybridized carbons (Fsp3) is 0.375. The predicted octanol–water partition coefficient (Wildman–Crippen LogP) is 3.78. The molecule has 1 atom stereocenters. The molecule has 9 heteroatoms. The molecule has 1 amide bonds. The van der Waals surface area contributed by atoms with E-state index in [0.29, 0.717) is 31.1 Å². The van der Waals surface area contributed by atoms with Gasteiger partial charge >= 0.3 is 0 Å². The van der Waals surface area contributed by atoms with Crippen molar-refractivity contribution in [1.29, 1.82) is 0 Å². The first-order valence-electron chi connectivity index (χ1n) is 10.5. The van der Waals surface area contributed by atoms with Gasteiger partial charge in [0, 0.05) is 11.0 Å². The average molecular weight is 539 g/mol. The molecule has 0 unspecified atom stereocenters. The molecule has 0 heterocycles. The third-order valence-electron chi connectivity index (χ3n) is 4.89. The van der Waals surface area contributed by atoms with E-state index in [9.17, 15) is 13.2 Å². The molecule has 2 aromatic carbocycles. The molecule has 7 nitrogen and oxygen atoms in total. The molecular formula is C24H31BrN2O5S. The summed E-state index contributed by atoms with van der Waals surface area (Å²) in [7, 11) is -1.91. The fourth-order valence-electron chi connectivity index (χ4n) is 3.08. The molecule has 0 spiro atoms. The Morgan fingerprint density at radius 3 is 2.36 bits per heavy atom. The molecule has 2 rings (SSSR count). The van der Waals surface area contributed by atoms with Crippen molar-refractivity contribution in [2.75, 3.05) is 26.5 Å². The van der Waals surface area contributed by atoms with Crippen LogP contribution < -0.4 is 19.5 Å². The van der Waals surface area contributed by atoms with Gasteiger partial charge in [-0.3, -0.25) is 4.79 Å². The van der Waals surface area contributed by atoms with Crippen molar-refractivity contribution in [2.24, 2.45) is 5.92 Å². The van der Waals surface area contributed by atoms with Crippen LogP contribution in [0.15, 0.2) is 53.5 Å². The number of ether oxygens (including phenoxy) is 2. The minimum absolute atomic E-state index is 0.177. The summed E-state index contributed by atoms with van der Waals surface area (Å²) in [6.07, 6.45) is 1.59. The lowest BCUT2D eigenvalue weighted by Crippen LogP contribution is -2.49. The van der Waals surface area contributed by atoms with E-state index in [1.807, 2.05) is 42.5 Å². The second-order valence-corrected chi connectivity index (χ2v) is 10.7. The summed E-state index contributed by atoms with van der Waals surface area (Å²) in [6, 6.07) is 12.6. The van der Waals surface area contributed by atoms with Gasteiger partial charge in [0.05, 0.1) is 13.4 Å². The normalized spacial score (nSPS) is 12.3. The maximum absolute atomic E-state index is 12.4. The van der Waals surface area contributed by atoms with E-state index in [2.05, 4.69) is 32.5 Å². The lowest BCUT2D eigenvalue weighted by atomic mass is 10.0. The van der Waals surface area contributed by atoms with Crippen molar-refractivity contribution in [3.05, 3.63) is 64.6 Å². The largest absolute Gasteiger partial charge is 0.493 e. The topological polar surface area (TPSA) is 93.7 Å². The van der Waals surface area contributed by atoms with E-state index in [-0.39, 0.29) is 11.8 Å². The molecule has 0 aliphatic carbocycles. The maximum Gasteiger partial charge on any atom is 0.238 e. The van der Waals surface area contributed by atoms with Crippen molar-refractivity contribution in [3.8, 4) is 11.5 Å². The van der Waals surface area contributed by atoms with E-state index in [1.54, 1.807) is 21.0 Å². The molecule has 180 valence electrons. The quantitative estimate of drug-likeness (QED) is 0.428. The van der Waals surface area contributed by atoms with Crippen LogP contribution in [0.25, 0.3) is 5.57 Å². The Balaban J connectivity index is 1.94. The van der Waals surface area contributed by atoms with Gasteiger partial charge in [-0.25, -0.2) is 13.1 Å². The molecule has 2 N–H and O–H groups in total. The number of hydrogen-bond donors (Lipinski definition) is 2. The van der Waals surface area contributed by atoms with Gasteiger partial charge in [0.15, 0.2) is 11.5 Å². The number of halogens is 1. The number of hydrogen-bond acceptors (Lipinski definition) is 5. The zero-order chi connectivity index (χ0) is 24.6. The number of methoxy groups -OCH3 is 1. The summed E-state index contributed by atoms with van der Waals surface area (Å²) in [5.74, 6) is 0.652. The summed E-state index contributed by atoms with van der Waals surface area (Å²) < 4.78 is 37.8. The molecule has 2 aromatic rings. The van der Waals surface area contributed by atoms with Crippen molar-refractivity contribution in [2.45, 2.75) is 26.3 Å². The van der Waals surface area contributed by atoms with Crippen LogP contribution >= 0.6 is 15.9 Å². The van der Waals surface area contributed by atoms with Gasteiger partial charge in [-0.05, 0) is 53.3 Å². The highest BCUT2D eigenvalue weighted by molar-refractivity contribution is 9.10. The second kappa shape index (κ2) is 12.2. The van der Waals surface area contributed by atoms with Gasteiger partial charge in [0.2, 0.25) is 15.9 Å². The molecule has 0 aliphatic heterocycles. The average Bonchev–Trinajstić information content (AvgIpc) is 2.75. The van der Waals surface area contributed by atoms with E-state index in [0.717, 1.165) is 27.4 Å². The minimum Gasteiger partial charge on any atom is -0.493 e. The minimum atomic E-state index is -3.49. The first-order chi connectivity index (χ1) is 15.5. The van der Waals surface area contributed by atoms with Crippen molar-refractivity contribution in [3.63, 3.8) is 0 Å². The standard InChI is InChI=1S/C24H31BrN2O5S/c1-16(2)23(27-33(5,29)30)24(28)26-13-12-18-6-11-21(22(14-18)31-4)32-15-17(3)19-7-9-20(25)10-8-19/h6-11,14,16,23,27H,3,12-13,15H2,1-2,4-5H3,(H,26,28)/t23-/m0/s1. The maximum atomic E-state index is 12.4. The monoisotopic (exact) mass is 538 g/mol. The van der Waals surface area contributed by atoms with Crippen LogP contribution in [0.3, 0.4) is 0 Å². The molecule has 0 saturated carbocycles. The summed E-state index contributed by atoms with van der Waals surface area (Å²) >= 11 is 3.42. The van der Waals surface area contributed by atoms with Crippen molar-refractivity contribution < 1.29 is 22.7 Å². The molecule has 0 saturated heterocycles. The lowest BCUT2D eigenvalue weighted by molar-refractivity contribution is -0.123. The zero-order valence-corrected chi connectivity index (χ0v) is 21.8. The number of sulfonamides is 1. The highest BCUT2D eigenvalue weighted by Crippen LogP contribution is 2.29. The smallest absolute Gasteiger partial charge is 0.238 e. The molecule has 0 aliphatic rings. The number of nitrogens with one attached hydrogen (secondary N) is 2. The predicted molar refractivity (Wildman–Crippen MR) is 135 cm³/mol. The van der Waals surface area contributed by atoms with Crippen molar-refractivity contribution >= 4 is 37.4 Å². The van der Waals surface area contributed by atoms with Crippen LogP contribution in [0.5, 0.6) is 11.5 Å². The number of rotatable bonds is 12. The van der Waals surface area contributed by atoms with Crippen LogP contribution in [0, 0.1) is 5.92 Å². The number of carbonyl (C=O) groups excluding carboxylic acids is 1. The zero-order valence-electron chi connectivity index (χ0n) is 19.4. The van der Waals surface area contributed by atoms with Gasteiger partial charge in [0.1, 0.15) is 12.6 Å². The molecule has 0 fully saturated rings. The third-order valence-corrected chi connectivity index (χ3v) is 6.10. The Kier molecular flexibility index (Phi) is 9.94. The molecule has 0 radical (unpaired) electrons. The van der Waals surface area contributed by atoms with Gasteiger partial charge < -0.3 is 14.8 Å². The van der Waals surface area contributed by atoms with Crippen LogP contribution in [0.4, 0.5) is 0 Å².